The van der Waals surface area contributed by atoms with Crippen molar-refractivity contribution in [3.63, 3.8) is 0 Å². The number of hydrogen-bond acceptors (Lipinski definition) is 5. The Hall–Kier alpha value is -2.89. The molecule has 0 aromatic heterocycles. The quantitative estimate of drug-likeness (QED) is 0.784. The number of amides is 1. The van der Waals surface area contributed by atoms with Crippen LogP contribution in [0, 0.1) is 6.92 Å². The second kappa shape index (κ2) is 8.99. The summed E-state index contributed by atoms with van der Waals surface area (Å²) in [6.07, 6.45) is -0.612. The normalized spacial score (nSPS) is 11.4. The summed E-state index contributed by atoms with van der Waals surface area (Å²) in [6, 6.07) is 11.2. The Morgan fingerprint density at radius 1 is 1.04 bits per heavy atom. The van der Waals surface area contributed by atoms with Crippen molar-refractivity contribution in [3.8, 4) is 23.0 Å². The SMILES string of the molecule is COc1cc(CNC(=O)[C@H](C)Oc2cccc(C)c2)cc(OC)c1OC. The molecular weight excluding hydrogens is 334 g/mol. The highest BCUT2D eigenvalue weighted by atomic mass is 16.5. The second-order valence-corrected chi connectivity index (χ2v) is 5.83. The van der Waals surface area contributed by atoms with Gasteiger partial charge in [-0.2, -0.15) is 0 Å². The standard InChI is InChI=1S/C20H25NO5/c1-13-7-6-8-16(9-13)26-14(2)20(22)21-12-15-10-17(23-3)19(25-5)18(11-15)24-4/h6-11,14H,12H2,1-5H3,(H,21,22)/t14-/m0/s1. The predicted molar refractivity (Wildman–Crippen MR) is 99.2 cm³/mol. The highest BCUT2D eigenvalue weighted by Crippen LogP contribution is 2.38. The molecule has 1 amide bonds. The number of nitrogens with one attached hydrogen (secondary N) is 1. The van der Waals surface area contributed by atoms with Crippen LogP contribution in [0.5, 0.6) is 23.0 Å². The molecule has 2 aromatic rings. The maximum Gasteiger partial charge on any atom is 0.261 e. The summed E-state index contributed by atoms with van der Waals surface area (Å²) < 4.78 is 21.6. The lowest BCUT2D eigenvalue weighted by atomic mass is 10.1. The van der Waals surface area contributed by atoms with Crippen LogP contribution in [0.2, 0.25) is 0 Å². The van der Waals surface area contributed by atoms with Crippen LogP contribution in [0.4, 0.5) is 0 Å². The van der Waals surface area contributed by atoms with Gasteiger partial charge >= 0.3 is 0 Å². The Balaban J connectivity index is 2.02. The first-order chi connectivity index (χ1) is 12.5. The van der Waals surface area contributed by atoms with E-state index >= 15 is 0 Å². The zero-order valence-electron chi connectivity index (χ0n) is 15.8. The van der Waals surface area contributed by atoms with Crippen LogP contribution in [0.25, 0.3) is 0 Å². The topological polar surface area (TPSA) is 66.0 Å². The Labute approximate surface area is 154 Å². The fraction of sp³-hybridized carbons (Fsp3) is 0.350. The molecule has 2 aromatic carbocycles. The molecule has 2 rings (SSSR count). The number of benzene rings is 2. The molecule has 1 atom stereocenters. The van der Waals surface area contributed by atoms with E-state index in [4.69, 9.17) is 18.9 Å². The first-order valence-corrected chi connectivity index (χ1v) is 8.28. The molecule has 6 nitrogen and oxygen atoms in total. The average Bonchev–Trinajstić information content (AvgIpc) is 2.64. The molecule has 0 fully saturated rings. The van der Waals surface area contributed by atoms with Crippen LogP contribution in [0.3, 0.4) is 0 Å². The van der Waals surface area contributed by atoms with Crippen molar-refractivity contribution in [2.45, 2.75) is 26.5 Å². The minimum Gasteiger partial charge on any atom is -0.493 e. The summed E-state index contributed by atoms with van der Waals surface area (Å²) in [4.78, 5) is 12.3. The fourth-order valence-corrected chi connectivity index (χ4v) is 2.52. The van der Waals surface area contributed by atoms with Crippen molar-refractivity contribution in [3.05, 3.63) is 47.5 Å². The molecule has 0 heterocycles. The maximum atomic E-state index is 12.3. The minimum atomic E-state index is -0.612. The van der Waals surface area contributed by atoms with Gasteiger partial charge in [0.1, 0.15) is 5.75 Å². The smallest absolute Gasteiger partial charge is 0.261 e. The zero-order chi connectivity index (χ0) is 19.1. The van der Waals surface area contributed by atoms with Gasteiger partial charge in [-0.15, -0.1) is 0 Å². The van der Waals surface area contributed by atoms with Crippen molar-refractivity contribution >= 4 is 5.91 Å². The molecule has 140 valence electrons. The van der Waals surface area contributed by atoms with E-state index in [2.05, 4.69) is 5.32 Å². The van der Waals surface area contributed by atoms with Gasteiger partial charge in [0.2, 0.25) is 5.75 Å². The first kappa shape index (κ1) is 19.4. The zero-order valence-corrected chi connectivity index (χ0v) is 15.8. The molecule has 0 aliphatic carbocycles. The summed E-state index contributed by atoms with van der Waals surface area (Å²) in [5.41, 5.74) is 1.91. The van der Waals surface area contributed by atoms with E-state index in [1.807, 2.05) is 31.2 Å². The number of aryl methyl sites for hydroxylation is 1. The molecule has 0 radical (unpaired) electrons. The lowest BCUT2D eigenvalue weighted by molar-refractivity contribution is -0.127. The summed E-state index contributed by atoms with van der Waals surface area (Å²) in [5, 5.41) is 2.86. The van der Waals surface area contributed by atoms with Crippen molar-refractivity contribution in [2.24, 2.45) is 0 Å². The second-order valence-electron chi connectivity index (χ2n) is 5.83. The number of hydrogen-bond donors (Lipinski definition) is 1. The summed E-state index contributed by atoms with van der Waals surface area (Å²) in [7, 11) is 4.65. The highest BCUT2D eigenvalue weighted by molar-refractivity contribution is 5.80. The van der Waals surface area contributed by atoms with Gasteiger partial charge < -0.3 is 24.3 Å². The van der Waals surface area contributed by atoms with Crippen LogP contribution >= 0.6 is 0 Å². The molecule has 1 N–H and O–H groups in total. The van der Waals surface area contributed by atoms with Gasteiger partial charge in [-0.1, -0.05) is 12.1 Å². The Kier molecular flexibility index (Phi) is 6.72. The van der Waals surface area contributed by atoms with Crippen molar-refractivity contribution in [1.82, 2.24) is 5.32 Å². The van der Waals surface area contributed by atoms with Gasteiger partial charge in [0.25, 0.3) is 5.91 Å². The molecule has 0 saturated carbocycles. The van der Waals surface area contributed by atoms with Gasteiger partial charge in [0.15, 0.2) is 17.6 Å². The Morgan fingerprint density at radius 3 is 2.23 bits per heavy atom. The van der Waals surface area contributed by atoms with Gasteiger partial charge in [0.05, 0.1) is 21.3 Å². The minimum absolute atomic E-state index is 0.208. The number of rotatable bonds is 8. The van der Waals surface area contributed by atoms with Crippen LogP contribution in [-0.4, -0.2) is 33.3 Å². The molecule has 0 aliphatic rings. The van der Waals surface area contributed by atoms with Crippen molar-refractivity contribution in [2.75, 3.05) is 21.3 Å². The van der Waals surface area contributed by atoms with Gasteiger partial charge in [0, 0.05) is 6.54 Å². The third-order valence-corrected chi connectivity index (χ3v) is 3.86. The van der Waals surface area contributed by atoms with Crippen LogP contribution in [0.15, 0.2) is 36.4 Å². The number of ether oxygens (including phenoxy) is 4. The molecule has 0 unspecified atom stereocenters. The summed E-state index contributed by atoms with van der Waals surface area (Å²) >= 11 is 0. The molecule has 0 aliphatic heterocycles. The number of carbonyl (C=O) groups is 1. The average molecular weight is 359 g/mol. The molecular formula is C20H25NO5. The van der Waals surface area contributed by atoms with E-state index in [-0.39, 0.29) is 5.91 Å². The summed E-state index contributed by atoms with van der Waals surface area (Å²) in [6.45, 7) is 4.01. The van der Waals surface area contributed by atoms with E-state index in [1.54, 1.807) is 40.4 Å². The van der Waals surface area contributed by atoms with Gasteiger partial charge in [-0.25, -0.2) is 0 Å². The number of methoxy groups -OCH3 is 3. The first-order valence-electron chi connectivity index (χ1n) is 8.28. The molecule has 6 heteroatoms. The molecule has 26 heavy (non-hydrogen) atoms. The molecule has 0 bridgehead atoms. The van der Waals surface area contributed by atoms with Crippen LogP contribution in [0.1, 0.15) is 18.1 Å². The van der Waals surface area contributed by atoms with E-state index in [9.17, 15) is 4.79 Å². The van der Waals surface area contributed by atoms with E-state index in [0.29, 0.717) is 29.5 Å². The van der Waals surface area contributed by atoms with E-state index < -0.39 is 6.10 Å². The van der Waals surface area contributed by atoms with E-state index in [1.165, 1.54) is 0 Å². The molecule has 0 spiro atoms. The molecule has 0 saturated heterocycles. The lowest BCUT2D eigenvalue weighted by Crippen LogP contribution is -2.35. The highest BCUT2D eigenvalue weighted by Gasteiger charge is 2.17. The third-order valence-electron chi connectivity index (χ3n) is 3.86. The monoisotopic (exact) mass is 359 g/mol. The van der Waals surface area contributed by atoms with Crippen LogP contribution < -0.4 is 24.3 Å². The maximum absolute atomic E-state index is 12.3. The lowest BCUT2D eigenvalue weighted by Gasteiger charge is -2.17. The Bertz CT molecular complexity index is 735. The van der Waals surface area contributed by atoms with Crippen LogP contribution in [-0.2, 0) is 11.3 Å². The Morgan fingerprint density at radius 2 is 1.69 bits per heavy atom. The van der Waals surface area contributed by atoms with Crippen molar-refractivity contribution in [1.29, 1.82) is 0 Å². The van der Waals surface area contributed by atoms with Gasteiger partial charge in [-0.3, -0.25) is 4.79 Å². The largest absolute Gasteiger partial charge is 0.493 e. The third kappa shape index (κ3) is 4.81. The number of carbonyl (C=O) groups excluding carboxylic acids is 1. The predicted octanol–water partition coefficient (Wildman–Crippen LogP) is 3.10. The van der Waals surface area contributed by atoms with E-state index in [0.717, 1.165) is 11.1 Å². The van der Waals surface area contributed by atoms with Crippen molar-refractivity contribution < 1.29 is 23.7 Å². The fourth-order valence-electron chi connectivity index (χ4n) is 2.52. The van der Waals surface area contributed by atoms with Gasteiger partial charge in [-0.05, 0) is 49.2 Å². The summed E-state index contributed by atoms with van der Waals surface area (Å²) in [5.74, 6) is 2.06.